The van der Waals surface area contributed by atoms with Gasteiger partial charge in [-0.05, 0) is 23.1 Å². The second-order valence-electron chi connectivity index (χ2n) is 4.43. The van der Waals surface area contributed by atoms with Gasteiger partial charge in [0.15, 0.2) is 0 Å². The van der Waals surface area contributed by atoms with Gasteiger partial charge in [-0.2, -0.15) is 0 Å². The highest BCUT2D eigenvalue weighted by atomic mass is 16.1. The molecule has 2 N–H and O–H groups in total. The van der Waals surface area contributed by atoms with Crippen molar-refractivity contribution in [3.05, 3.63) is 70.8 Å². The number of nitrogens with two attached hydrogens (primary N) is 1. The van der Waals surface area contributed by atoms with E-state index >= 15 is 0 Å². The molecule has 19 heavy (non-hydrogen) atoms. The number of aromatic nitrogens is 2. The Morgan fingerprint density at radius 3 is 2.74 bits per heavy atom. The van der Waals surface area contributed by atoms with Gasteiger partial charge in [0.1, 0.15) is 5.82 Å². The van der Waals surface area contributed by atoms with Crippen LogP contribution in [0.2, 0.25) is 0 Å². The molecule has 1 aromatic carbocycles. The van der Waals surface area contributed by atoms with Gasteiger partial charge in [0.05, 0.1) is 11.9 Å². The molecule has 3 rings (SSSR count). The molecule has 4 heteroatoms. The van der Waals surface area contributed by atoms with Crippen LogP contribution in [0.4, 0.5) is 5.82 Å². The predicted molar refractivity (Wildman–Crippen MR) is 76.0 cm³/mol. The zero-order valence-corrected chi connectivity index (χ0v) is 10.3. The Hall–Kier alpha value is -2.62. The van der Waals surface area contributed by atoms with Crippen molar-refractivity contribution in [2.24, 2.45) is 0 Å². The third kappa shape index (κ3) is 2.20. The molecule has 3 aromatic rings. The highest BCUT2D eigenvalue weighted by molar-refractivity contribution is 5.82. The van der Waals surface area contributed by atoms with Gasteiger partial charge in [0.25, 0.3) is 5.56 Å². The zero-order valence-electron chi connectivity index (χ0n) is 10.3. The third-order valence-electron chi connectivity index (χ3n) is 3.08. The van der Waals surface area contributed by atoms with Crippen LogP contribution in [0.3, 0.4) is 0 Å². The van der Waals surface area contributed by atoms with Gasteiger partial charge < -0.3 is 10.3 Å². The number of anilines is 1. The van der Waals surface area contributed by atoms with E-state index in [1.165, 1.54) is 6.20 Å². The summed E-state index contributed by atoms with van der Waals surface area (Å²) >= 11 is 0. The van der Waals surface area contributed by atoms with Gasteiger partial charge >= 0.3 is 0 Å². The van der Waals surface area contributed by atoms with Crippen molar-refractivity contribution < 1.29 is 0 Å². The summed E-state index contributed by atoms with van der Waals surface area (Å²) in [6.45, 7) is 0.556. The second-order valence-corrected chi connectivity index (χ2v) is 4.43. The molecule has 0 fully saturated rings. The third-order valence-corrected chi connectivity index (χ3v) is 3.08. The lowest BCUT2D eigenvalue weighted by Gasteiger charge is -2.07. The van der Waals surface area contributed by atoms with Gasteiger partial charge in [-0.3, -0.25) is 4.79 Å². The highest BCUT2D eigenvalue weighted by Gasteiger charge is 2.04. The number of nitrogen functional groups attached to an aromatic ring is 1. The fourth-order valence-electron chi connectivity index (χ4n) is 2.10. The monoisotopic (exact) mass is 251 g/mol. The normalized spacial score (nSPS) is 10.7. The Morgan fingerprint density at radius 2 is 1.95 bits per heavy atom. The van der Waals surface area contributed by atoms with Crippen LogP contribution in [0.5, 0.6) is 0 Å². The Balaban J connectivity index is 2.08. The van der Waals surface area contributed by atoms with E-state index in [0.29, 0.717) is 17.7 Å². The number of benzene rings is 1. The lowest BCUT2D eigenvalue weighted by Crippen LogP contribution is -2.20. The maximum atomic E-state index is 12.3. The Morgan fingerprint density at radius 1 is 1.16 bits per heavy atom. The van der Waals surface area contributed by atoms with Crippen LogP contribution < -0.4 is 11.3 Å². The van der Waals surface area contributed by atoms with E-state index in [0.717, 1.165) is 10.9 Å². The summed E-state index contributed by atoms with van der Waals surface area (Å²) in [5.41, 5.74) is 6.66. The van der Waals surface area contributed by atoms with Crippen molar-refractivity contribution in [3.8, 4) is 0 Å². The fraction of sp³-hybridized carbons (Fsp3) is 0.0667. The molecule has 0 unspecified atom stereocenters. The summed E-state index contributed by atoms with van der Waals surface area (Å²) in [7, 11) is 0. The van der Waals surface area contributed by atoms with Crippen LogP contribution >= 0.6 is 0 Å². The number of nitrogens with zero attached hydrogens (tertiary/aromatic N) is 2. The standard InChI is InChI=1S/C15H13N3O/c16-14-8-12-6-7-18(15(19)13(12)9-17-14)10-11-4-2-1-3-5-11/h1-9H,10H2,(H2,16,17). The predicted octanol–water partition coefficient (Wildman–Crippen LogP) is 2.03. The largest absolute Gasteiger partial charge is 0.384 e. The van der Waals surface area contributed by atoms with E-state index in [1.807, 2.05) is 36.4 Å². The molecule has 2 aromatic heterocycles. The lowest BCUT2D eigenvalue weighted by molar-refractivity contribution is 0.768. The molecule has 0 saturated carbocycles. The molecule has 0 saturated heterocycles. The van der Waals surface area contributed by atoms with Crippen molar-refractivity contribution in [3.63, 3.8) is 0 Å². The average Bonchev–Trinajstić information content (AvgIpc) is 2.43. The molecule has 0 atom stereocenters. The van der Waals surface area contributed by atoms with E-state index in [4.69, 9.17) is 5.73 Å². The van der Waals surface area contributed by atoms with Crippen LogP contribution in [0.15, 0.2) is 59.7 Å². The molecular formula is C15H13N3O. The fourth-order valence-corrected chi connectivity index (χ4v) is 2.10. The number of rotatable bonds is 2. The summed E-state index contributed by atoms with van der Waals surface area (Å²) in [4.78, 5) is 16.3. The number of pyridine rings is 2. The van der Waals surface area contributed by atoms with Crippen molar-refractivity contribution in [2.45, 2.75) is 6.54 Å². The number of hydrogen-bond donors (Lipinski definition) is 1. The molecule has 94 valence electrons. The van der Waals surface area contributed by atoms with Crippen LogP contribution in [0.1, 0.15) is 5.56 Å². The maximum Gasteiger partial charge on any atom is 0.260 e. The van der Waals surface area contributed by atoms with E-state index in [9.17, 15) is 4.79 Å². The highest BCUT2D eigenvalue weighted by Crippen LogP contribution is 2.11. The van der Waals surface area contributed by atoms with Crippen molar-refractivity contribution in [1.82, 2.24) is 9.55 Å². The van der Waals surface area contributed by atoms with Crippen molar-refractivity contribution >= 4 is 16.6 Å². The first kappa shape index (κ1) is 11.5. The van der Waals surface area contributed by atoms with E-state index < -0.39 is 0 Å². The SMILES string of the molecule is Nc1cc2ccn(Cc3ccccc3)c(=O)c2cn1. The van der Waals surface area contributed by atoms with Gasteiger partial charge in [0, 0.05) is 12.4 Å². The topological polar surface area (TPSA) is 60.9 Å². The lowest BCUT2D eigenvalue weighted by atomic mass is 10.2. The van der Waals surface area contributed by atoms with Crippen LogP contribution in [0, 0.1) is 0 Å². The van der Waals surface area contributed by atoms with Gasteiger partial charge in [-0.1, -0.05) is 30.3 Å². The summed E-state index contributed by atoms with van der Waals surface area (Å²) < 4.78 is 1.68. The molecule has 2 heterocycles. The zero-order chi connectivity index (χ0) is 13.2. The average molecular weight is 251 g/mol. The Kier molecular flexibility index (Phi) is 2.76. The molecule has 0 aliphatic heterocycles. The van der Waals surface area contributed by atoms with Crippen molar-refractivity contribution in [1.29, 1.82) is 0 Å². The Labute approximate surface area is 110 Å². The summed E-state index contributed by atoms with van der Waals surface area (Å²) in [5.74, 6) is 0.424. The first-order valence-corrected chi connectivity index (χ1v) is 6.02. The quantitative estimate of drug-likeness (QED) is 0.758. The molecule has 0 aliphatic rings. The summed E-state index contributed by atoms with van der Waals surface area (Å²) in [6.07, 6.45) is 3.32. The molecule has 4 nitrogen and oxygen atoms in total. The van der Waals surface area contributed by atoms with Gasteiger partial charge in [-0.25, -0.2) is 4.98 Å². The van der Waals surface area contributed by atoms with E-state index in [2.05, 4.69) is 4.98 Å². The molecule has 0 bridgehead atoms. The van der Waals surface area contributed by atoms with Crippen molar-refractivity contribution in [2.75, 3.05) is 5.73 Å². The van der Waals surface area contributed by atoms with E-state index in [-0.39, 0.29) is 5.56 Å². The first-order valence-electron chi connectivity index (χ1n) is 6.02. The van der Waals surface area contributed by atoms with Gasteiger partial charge in [0.2, 0.25) is 0 Å². The maximum absolute atomic E-state index is 12.3. The minimum atomic E-state index is -0.0474. The van der Waals surface area contributed by atoms with E-state index in [1.54, 1.807) is 16.8 Å². The van der Waals surface area contributed by atoms with Gasteiger partial charge in [-0.15, -0.1) is 0 Å². The smallest absolute Gasteiger partial charge is 0.260 e. The first-order chi connectivity index (χ1) is 9.24. The summed E-state index contributed by atoms with van der Waals surface area (Å²) in [5, 5.41) is 1.41. The molecule has 0 aliphatic carbocycles. The second kappa shape index (κ2) is 4.57. The molecular weight excluding hydrogens is 238 g/mol. The Bertz CT molecular complexity index is 778. The molecule has 0 radical (unpaired) electrons. The summed E-state index contributed by atoms with van der Waals surface area (Å²) in [6, 6.07) is 13.5. The van der Waals surface area contributed by atoms with Crippen LogP contribution in [-0.2, 0) is 6.54 Å². The minimum absolute atomic E-state index is 0.0474. The number of fused-ring (bicyclic) bond motifs is 1. The molecule has 0 spiro atoms. The number of hydrogen-bond acceptors (Lipinski definition) is 3. The molecule has 0 amide bonds. The van der Waals surface area contributed by atoms with Crippen LogP contribution in [0.25, 0.3) is 10.8 Å². The van der Waals surface area contributed by atoms with Crippen LogP contribution in [-0.4, -0.2) is 9.55 Å². The minimum Gasteiger partial charge on any atom is -0.384 e.